The minimum absolute atomic E-state index is 0.169. The number of halogens is 2. The molecule has 0 unspecified atom stereocenters. The van der Waals surface area contributed by atoms with E-state index in [-0.39, 0.29) is 22.8 Å². The van der Waals surface area contributed by atoms with Crippen LogP contribution >= 0.6 is 11.6 Å². The standard InChI is InChI=1S/C30H29BClFN4O4/c1-17-27(38)22-14-21(33)13-20(28(22)40-29(17)37-10-8-30(2,3)9-11-37)15-34-24-6-7-25(32)36-26(24)18-4-5-23-19(12-18)16-35-41-31(23)39/h4-7,12-14,16,34,39H,8-11,15H2,1-3H3. The Morgan fingerprint density at radius 3 is 2.73 bits per heavy atom. The Labute approximate surface area is 241 Å². The van der Waals surface area contributed by atoms with Crippen molar-refractivity contribution in [1.29, 1.82) is 0 Å². The number of anilines is 2. The first-order valence-electron chi connectivity index (χ1n) is 13.5. The fourth-order valence-corrected chi connectivity index (χ4v) is 5.56. The summed E-state index contributed by atoms with van der Waals surface area (Å²) in [6.45, 7) is 7.97. The Hall–Kier alpha value is -3.89. The summed E-state index contributed by atoms with van der Waals surface area (Å²) in [5.74, 6) is 0.0271. The van der Waals surface area contributed by atoms with Crippen LogP contribution in [0.1, 0.15) is 43.4 Å². The lowest BCUT2D eigenvalue weighted by Gasteiger charge is -2.37. The van der Waals surface area contributed by atoms with Crippen LogP contribution in [0.25, 0.3) is 22.2 Å². The maximum absolute atomic E-state index is 14.8. The monoisotopic (exact) mass is 574 g/mol. The Kier molecular flexibility index (Phi) is 6.99. The summed E-state index contributed by atoms with van der Waals surface area (Å²) in [4.78, 5) is 20.0. The number of benzene rings is 2. The second kappa shape index (κ2) is 10.5. The van der Waals surface area contributed by atoms with Gasteiger partial charge < -0.3 is 24.4 Å². The maximum Gasteiger partial charge on any atom is 0.583 e. The number of aromatic nitrogens is 1. The van der Waals surface area contributed by atoms with Crippen LogP contribution in [0.15, 0.2) is 56.8 Å². The van der Waals surface area contributed by atoms with E-state index in [0.29, 0.717) is 50.2 Å². The van der Waals surface area contributed by atoms with Crippen molar-refractivity contribution in [2.45, 2.75) is 40.2 Å². The fourth-order valence-electron chi connectivity index (χ4n) is 5.41. The smallest absolute Gasteiger partial charge is 0.440 e. The summed E-state index contributed by atoms with van der Waals surface area (Å²) in [6.07, 6.45) is 3.49. The Morgan fingerprint density at radius 2 is 1.95 bits per heavy atom. The van der Waals surface area contributed by atoms with Gasteiger partial charge in [0.25, 0.3) is 0 Å². The first-order chi connectivity index (χ1) is 19.6. The number of piperidine rings is 1. The van der Waals surface area contributed by atoms with Gasteiger partial charge >= 0.3 is 7.12 Å². The van der Waals surface area contributed by atoms with Crippen molar-refractivity contribution in [1.82, 2.24) is 4.98 Å². The number of rotatable bonds is 5. The van der Waals surface area contributed by atoms with E-state index in [9.17, 15) is 14.2 Å². The molecule has 2 aliphatic rings. The molecule has 11 heteroatoms. The molecular weight excluding hydrogens is 546 g/mol. The molecule has 0 radical (unpaired) electrons. The molecule has 4 heterocycles. The number of hydrogen-bond donors (Lipinski definition) is 2. The van der Waals surface area contributed by atoms with Crippen molar-refractivity contribution >= 4 is 52.9 Å². The molecule has 41 heavy (non-hydrogen) atoms. The molecule has 0 atom stereocenters. The second-order valence-electron chi connectivity index (χ2n) is 11.4. The van der Waals surface area contributed by atoms with Crippen LogP contribution in [0, 0.1) is 18.2 Å². The Bertz CT molecular complexity index is 1750. The summed E-state index contributed by atoms with van der Waals surface area (Å²) in [5, 5.41) is 17.6. The molecule has 0 aliphatic carbocycles. The first-order valence-corrected chi connectivity index (χ1v) is 13.9. The van der Waals surface area contributed by atoms with Crippen LogP contribution < -0.4 is 21.1 Å². The maximum atomic E-state index is 14.8. The van der Waals surface area contributed by atoms with Crippen LogP contribution in [0.3, 0.4) is 0 Å². The lowest BCUT2D eigenvalue weighted by molar-refractivity contribution is 0.274. The summed E-state index contributed by atoms with van der Waals surface area (Å²) in [7, 11) is -1.14. The lowest BCUT2D eigenvalue weighted by Crippen LogP contribution is -2.38. The summed E-state index contributed by atoms with van der Waals surface area (Å²) in [6, 6.07) is 11.5. The molecule has 4 aromatic rings. The van der Waals surface area contributed by atoms with Gasteiger partial charge in [0.15, 0.2) is 5.43 Å². The van der Waals surface area contributed by atoms with Gasteiger partial charge in [-0.25, -0.2) is 9.37 Å². The highest BCUT2D eigenvalue weighted by Crippen LogP contribution is 2.35. The van der Waals surface area contributed by atoms with E-state index in [0.717, 1.165) is 31.5 Å². The normalized spacial score (nSPS) is 16.0. The molecule has 2 N–H and O–H groups in total. The molecule has 2 aromatic carbocycles. The van der Waals surface area contributed by atoms with Gasteiger partial charge in [0, 0.05) is 36.2 Å². The van der Waals surface area contributed by atoms with E-state index in [1.54, 1.807) is 31.2 Å². The van der Waals surface area contributed by atoms with Gasteiger partial charge in [0.1, 0.15) is 16.6 Å². The van der Waals surface area contributed by atoms with Gasteiger partial charge in [-0.15, -0.1) is 5.16 Å². The zero-order valence-electron chi connectivity index (χ0n) is 23.0. The average Bonchev–Trinajstić information content (AvgIpc) is 2.94. The van der Waals surface area contributed by atoms with Crippen LogP contribution in [0.5, 0.6) is 0 Å². The van der Waals surface area contributed by atoms with Crippen molar-refractivity contribution in [2.24, 2.45) is 10.6 Å². The largest absolute Gasteiger partial charge is 0.583 e. The predicted molar refractivity (Wildman–Crippen MR) is 161 cm³/mol. The minimum atomic E-state index is -1.14. The zero-order chi connectivity index (χ0) is 28.9. The lowest BCUT2D eigenvalue weighted by atomic mass is 9.75. The topological polar surface area (TPSA) is 100 Å². The first kappa shape index (κ1) is 27.3. The van der Waals surface area contributed by atoms with Crippen molar-refractivity contribution in [2.75, 3.05) is 23.3 Å². The number of nitrogens with zero attached hydrogens (tertiary/aromatic N) is 3. The van der Waals surface area contributed by atoms with Gasteiger partial charge in [-0.1, -0.05) is 37.6 Å². The molecular formula is C30H29BClFN4O4. The summed E-state index contributed by atoms with van der Waals surface area (Å²) in [5.41, 5.74) is 4.57. The number of nitrogens with one attached hydrogen (secondary N) is 1. The molecule has 0 bridgehead atoms. The molecule has 1 saturated heterocycles. The zero-order valence-corrected chi connectivity index (χ0v) is 23.8. The number of oxime groups is 1. The van der Waals surface area contributed by atoms with E-state index in [2.05, 4.69) is 34.2 Å². The predicted octanol–water partition coefficient (Wildman–Crippen LogP) is 5.25. The number of hydrogen-bond acceptors (Lipinski definition) is 8. The van der Waals surface area contributed by atoms with Crippen LogP contribution in [0.2, 0.25) is 5.15 Å². The highest BCUT2D eigenvalue weighted by Gasteiger charge is 2.29. The third kappa shape index (κ3) is 5.29. The Balaban J connectivity index is 1.36. The molecule has 6 rings (SSSR count). The molecule has 2 aromatic heterocycles. The highest BCUT2D eigenvalue weighted by molar-refractivity contribution is 6.62. The van der Waals surface area contributed by atoms with Gasteiger partial charge in [-0.3, -0.25) is 4.79 Å². The van der Waals surface area contributed by atoms with E-state index in [1.165, 1.54) is 18.3 Å². The van der Waals surface area contributed by atoms with Gasteiger partial charge in [0.05, 0.1) is 28.5 Å². The van der Waals surface area contributed by atoms with Crippen LogP contribution in [0.4, 0.5) is 16.0 Å². The number of pyridine rings is 1. The second-order valence-corrected chi connectivity index (χ2v) is 11.8. The van der Waals surface area contributed by atoms with Gasteiger partial charge in [-0.05, 0) is 61.1 Å². The van der Waals surface area contributed by atoms with Crippen LogP contribution in [-0.4, -0.2) is 36.4 Å². The summed E-state index contributed by atoms with van der Waals surface area (Å²) >= 11 is 6.26. The van der Waals surface area contributed by atoms with Crippen molar-refractivity contribution < 1.29 is 18.6 Å². The van der Waals surface area contributed by atoms with Gasteiger partial charge in [0.2, 0.25) is 5.88 Å². The molecule has 210 valence electrons. The molecule has 1 fully saturated rings. The van der Waals surface area contributed by atoms with Gasteiger partial charge in [-0.2, -0.15) is 0 Å². The van der Waals surface area contributed by atoms with Crippen molar-refractivity contribution in [3.05, 3.63) is 80.3 Å². The third-order valence-electron chi connectivity index (χ3n) is 7.95. The summed E-state index contributed by atoms with van der Waals surface area (Å²) < 4.78 is 26.1. The van der Waals surface area contributed by atoms with Crippen molar-refractivity contribution in [3.8, 4) is 11.3 Å². The average molecular weight is 575 g/mol. The SMILES string of the molecule is Cc1c(N2CCC(C)(C)CC2)oc2c(CNc3ccc(Cl)nc3-c3ccc4c(c3)C=NOB4O)cc(F)cc2c1=O. The molecule has 0 saturated carbocycles. The third-order valence-corrected chi connectivity index (χ3v) is 8.16. The molecule has 8 nitrogen and oxygen atoms in total. The number of fused-ring (bicyclic) bond motifs is 2. The van der Waals surface area contributed by atoms with E-state index >= 15 is 0 Å². The van der Waals surface area contributed by atoms with Crippen LogP contribution in [-0.2, 0) is 11.3 Å². The van der Waals surface area contributed by atoms with Crippen molar-refractivity contribution in [3.63, 3.8) is 0 Å². The molecule has 2 aliphatic heterocycles. The quantitative estimate of drug-likeness (QED) is 0.248. The van der Waals surface area contributed by atoms with E-state index in [1.807, 2.05) is 6.07 Å². The fraction of sp³-hybridized carbons (Fsp3) is 0.300. The van der Waals surface area contributed by atoms with E-state index < -0.39 is 12.9 Å². The van der Waals surface area contributed by atoms with E-state index in [4.69, 9.17) is 20.8 Å². The Morgan fingerprint density at radius 1 is 1.17 bits per heavy atom. The minimum Gasteiger partial charge on any atom is -0.440 e. The highest BCUT2D eigenvalue weighted by atomic mass is 35.5. The molecule has 0 spiro atoms. The molecule has 0 amide bonds.